The van der Waals surface area contributed by atoms with Gasteiger partial charge >= 0.3 is 5.97 Å². The first-order valence-corrected chi connectivity index (χ1v) is 10.3. The van der Waals surface area contributed by atoms with Gasteiger partial charge in [0.25, 0.3) is 0 Å². The highest BCUT2D eigenvalue weighted by Crippen LogP contribution is 1.97. The lowest BCUT2D eigenvalue weighted by molar-refractivity contribution is -0.138. The van der Waals surface area contributed by atoms with Gasteiger partial charge in [0, 0.05) is 18.7 Å². The normalized spacial score (nSPS) is 12.7. The molecule has 0 aliphatic carbocycles. The summed E-state index contributed by atoms with van der Waals surface area (Å²) in [7, 11) is 0. The van der Waals surface area contributed by atoms with E-state index in [9.17, 15) is 19.2 Å². The number of carboxylic acid groups (broad SMARTS) is 1. The van der Waals surface area contributed by atoms with E-state index < -0.39 is 29.9 Å². The second kappa shape index (κ2) is 17.0. The number of carbonyl (C=O) groups excluding carboxylic acids is 3. The number of hydrogen-bond acceptors (Lipinski definition) is 8. The van der Waals surface area contributed by atoms with E-state index in [-0.39, 0.29) is 31.0 Å². The minimum absolute atomic E-state index is 0.0278. The van der Waals surface area contributed by atoms with Crippen molar-refractivity contribution in [3.8, 4) is 0 Å². The van der Waals surface area contributed by atoms with Crippen LogP contribution in [0.3, 0.4) is 0 Å². The molecule has 0 bridgehead atoms. The lowest BCUT2D eigenvalue weighted by Gasteiger charge is -2.17. The Morgan fingerprint density at radius 1 is 0.966 bits per heavy atom. The van der Waals surface area contributed by atoms with Gasteiger partial charge in [-0.2, -0.15) is 12.6 Å². The van der Waals surface area contributed by atoms with Crippen LogP contribution in [-0.4, -0.2) is 79.4 Å². The first-order chi connectivity index (χ1) is 13.8. The molecule has 29 heavy (non-hydrogen) atoms. The van der Waals surface area contributed by atoms with Crippen LogP contribution in [0.1, 0.15) is 32.1 Å². The van der Waals surface area contributed by atoms with Gasteiger partial charge in [0.2, 0.25) is 17.7 Å². The number of nitrogens with one attached hydrogen (secondary N) is 4. The van der Waals surface area contributed by atoms with Crippen LogP contribution in [0.2, 0.25) is 0 Å². The van der Waals surface area contributed by atoms with Crippen molar-refractivity contribution in [1.82, 2.24) is 21.3 Å². The number of thiol groups is 1. The van der Waals surface area contributed by atoms with Gasteiger partial charge in [-0.1, -0.05) is 0 Å². The Labute approximate surface area is 176 Å². The minimum Gasteiger partial charge on any atom is -0.480 e. The van der Waals surface area contributed by atoms with Crippen molar-refractivity contribution < 1.29 is 24.3 Å². The maximum atomic E-state index is 12.1. The van der Waals surface area contributed by atoms with Gasteiger partial charge in [0.15, 0.2) is 0 Å². The number of nitrogens with two attached hydrogens (primary N) is 2. The molecule has 0 aromatic carbocycles. The summed E-state index contributed by atoms with van der Waals surface area (Å²) < 4.78 is 0. The topological polar surface area (TPSA) is 189 Å². The Hall–Kier alpha value is -1.89. The van der Waals surface area contributed by atoms with Crippen LogP contribution in [0.4, 0.5) is 0 Å². The zero-order valence-corrected chi connectivity index (χ0v) is 17.5. The molecule has 2 atom stereocenters. The van der Waals surface area contributed by atoms with Gasteiger partial charge in [-0.05, 0) is 45.3 Å². The molecule has 0 spiro atoms. The third kappa shape index (κ3) is 14.7. The van der Waals surface area contributed by atoms with Crippen molar-refractivity contribution in [2.75, 3.05) is 38.5 Å². The lowest BCUT2D eigenvalue weighted by Crippen LogP contribution is -2.50. The molecule has 11 nitrogen and oxygen atoms in total. The minimum atomic E-state index is -1.20. The van der Waals surface area contributed by atoms with E-state index in [1.165, 1.54) is 0 Å². The van der Waals surface area contributed by atoms with Crippen molar-refractivity contribution in [3.63, 3.8) is 0 Å². The molecule has 9 N–H and O–H groups in total. The summed E-state index contributed by atoms with van der Waals surface area (Å²) in [6, 6.07) is -2.08. The average molecular weight is 435 g/mol. The van der Waals surface area contributed by atoms with Crippen LogP contribution < -0.4 is 32.7 Å². The van der Waals surface area contributed by atoms with Gasteiger partial charge < -0.3 is 37.8 Å². The van der Waals surface area contributed by atoms with E-state index in [1.807, 2.05) is 0 Å². The van der Waals surface area contributed by atoms with Gasteiger partial charge in [-0.3, -0.25) is 19.2 Å². The number of aliphatic carboxylic acids is 1. The summed E-state index contributed by atoms with van der Waals surface area (Å²) in [6.07, 6.45) is 2.57. The second-order valence-corrected chi connectivity index (χ2v) is 6.82. The maximum absolute atomic E-state index is 12.1. The smallest absolute Gasteiger partial charge is 0.320 e. The number of hydrogen-bond donors (Lipinski definition) is 8. The van der Waals surface area contributed by atoms with Crippen LogP contribution in [0.15, 0.2) is 0 Å². The predicted molar refractivity (Wildman–Crippen MR) is 112 cm³/mol. The fourth-order valence-electron chi connectivity index (χ4n) is 2.18. The Balaban J connectivity index is 3.96. The van der Waals surface area contributed by atoms with Crippen LogP contribution >= 0.6 is 12.6 Å². The molecule has 0 heterocycles. The summed E-state index contributed by atoms with van der Waals surface area (Å²) in [6.45, 7) is 2.61. The van der Waals surface area contributed by atoms with Crippen molar-refractivity contribution >= 4 is 36.3 Å². The van der Waals surface area contributed by atoms with Gasteiger partial charge in [0.1, 0.15) is 12.1 Å². The average Bonchev–Trinajstić information content (AvgIpc) is 2.70. The number of carbonyl (C=O) groups is 4. The number of carboxylic acids is 1. The predicted octanol–water partition coefficient (Wildman–Crippen LogP) is -2.46. The molecule has 0 fully saturated rings. The van der Waals surface area contributed by atoms with E-state index in [0.717, 1.165) is 32.4 Å². The summed E-state index contributed by atoms with van der Waals surface area (Å²) in [5.74, 6) is -2.57. The van der Waals surface area contributed by atoms with Crippen molar-refractivity contribution in [2.24, 2.45) is 11.5 Å². The quantitative estimate of drug-likeness (QED) is 0.0913. The molecule has 12 heteroatoms. The molecule has 0 saturated carbocycles. The summed E-state index contributed by atoms with van der Waals surface area (Å²) in [5.41, 5.74) is 10.7. The van der Waals surface area contributed by atoms with E-state index >= 15 is 0 Å². The number of amides is 3. The van der Waals surface area contributed by atoms with Gasteiger partial charge in [-0.25, -0.2) is 0 Å². The third-order valence-electron chi connectivity index (χ3n) is 3.92. The second-order valence-electron chi connectivity index (χ2n) is 6.45. The Bertz CT molecular complexity index is 523. The third-order valence-corrected chi connectivity index (χ3v) is 4.28. The molecular formula is C17H34N6O5S. The highest BCUT2D eigenvalue weighted by atomic mass is 32.1. The highest BCUT2D eigenvalue weighted by Gasteiger charge is 2.21. The van der Waals surface area contributed by atoms with Gasteiger partial charge in [0.05, 0.1) is 6.54 Å². The zero-order valence-electron chi connectivity index (χ0n) is 16.6. The molecule has 0 rings (SSSR count). The molecule has 0 aliphatic heterocycles. The molecule has 0 aromatic rings. The van der Waals surface area contributed by atoms with E-state index in [4.69, 9.17) is 16.6 Å². The summed E-state index contributed by atoms with van der Waals surface area (Å²) in [5, 5.41) is 19.5. The SMILES string of the molecule is NCCCCNCCCNC(=O)CNC(=O)[C@H](CS)NC(=O)CCC(N)C(=O)O. The van der Waals surface area contributed by atoms with Crippen LogP contribution in [-0.2, 0) is 19.2 Å². The van der Waals surface area contributed by atoms with Crippen LogP contribution in [0, 0.1) is 0 Å². The Morgan fingerprint density at radius 2 is 1.66 bits per heavy atom. The number of unbranched alkanes of at least 4 members (excludes halogenated alkanes) is 1. The largest absolute Gasteiger partial charge is 0.480 e. The molecule has 0 radical (unpaired) electrons. The monoisotopic (exact) mass is 434 g/mol. The van der Waals surface area contributed by atoms with Crippen molar-refractivity contribution in [1.29, 1.82) is 0 Å². The Morgan fingerprint density at radius 3 is 2.28 bits per heavy atom. The van der Waals surface area contributed by atoms with E-state index in [2.05, 4.69) is 33.9 Å². The van der Waals surface area contributed by atoms with Gasteiger partial charge in [-0.15, -0.1) is 0 Å². The molecule has 1 unspecified atom stereocenters. The van der Waals surface area contributed by atoms with E-state index in [1.54, 1.807) is 0 Å². The standard InChI is InChI=1S/C17H34N6O5S/c18-6-1-2-7-20-8-3-9-21-15(25)10-22-16(26)13(11-29)23-14(24)5-4-12(19)17(27)28/h12-13,20,29H,1-11,18-19H2,(H,21,25)(H,22,26)(H,23,24)(H,27,28)/t12?,13-/m0/s1. The molecule has 0 saturated heterocycles. The molecule has 0 aromatic heterocycles. The van der Waals surface area contributed by atoms with Crippen LogP contribution in [0.5, 0.6) is 0 Å². The number of rotatable bonds is 17. The molecular weight excluding hydrogens is 400 g/mol. The molecule has 3 amide bonds. The first-order valence-electron chi connectivity index (χ1n) is 9.65. The highest BCUT2D eigenvalue weighted by molar-refractivity contribution is 7.80. The summed E-state index contributed by atoms with van der Waals surface area (Å²) >= 11 is 4.02. The fraction of sp³-hybridized carbons (Fsp3) is 0.765. The zero-order chi connectivity index (χ0) is 22.1. The van der Waals surface area contributed by atoms with Crippen LogP contribution in [0.25, 0.3) is 0 Å². The van der Waals surface area contributed by atoms with Crippen molar-refractivity contribution in [2.45, 2.75) is 44.2 Å². The lowest BCUT2D eigenvalue weighted by atomic mass is 10.1. The first kappa shape index (κ1) is 27.1. The maximum Gasteiger partial charge on any atom is 0.320 e. The van der Waals surface area contributed by atoms with Crippen molar-refractivity contribution in [3.05, 3.63) is 0 Å². The molecule has 168 valence electrons. The summed E-state index contributed by atoms with van der Waals surface area (Å²) in [4.78, 5) is 46.3. The van der Waals surface area contributed by atoms with E-state index in [0.29, 0.717) is 13.1 Å². The Kier molecular flexibility index (Phi) is 15.9. The fourth-order valence-corrected chi connectivity index (χ4v) is 2.44. The molecule has 0 aliphatic rings.